The summed E-state index contributed by atoms with van der Waals surface area (Å²) in [4.78, 5) is 4.90. The van der Waals surface area contributed by atoms with Crippen LogP contribution in [0.5, 0.6) is 0 Å². The highest BCUT2D eigenvalue weighted by Crippen LogP contribution is 2.33. The van der Waals surface area contributed by atoms with Gasteiger partial charge in [-0.1, -0.05) is 18.2 Å². The lowest BCUT2D eigenvalue weighted by atomic mass is 10.0. The van der Waals surface area contributed by atoms with Gasteiger partial charge in [-0.25, -0.2) is 0 Å². The molecule has 1 N–H and O–H groups in total. The fraction of sp³-hybridized carbons (Fsp3) is 0.462. The molecule has 9 heteroatoms. The number of ether oxygens (including phenoxy) is 2. The van der Waals surface area contributed by atoms with Crippen molar-refractivity contribution in [3.05, 3.63) is 59.8 Å². The Bertz CT molecular complexity index is 1180. The summed E-state index contributed by atoms with van der Waals surface area (Å²) in [5.74, 6) is -3.04. The molecule has 2 fully saturated rings. The maximum atomic E-state index is 14.4. The topological polar surface area (TPSA) is 62.8 Å². The van der Waals surface area contributed by atoms with E-state index in [1.54, 1.807) is 12.3 Å². The predicted octanol–water partition coefficient (Wildman–Crippen LogP) is 4.06. The smallest absolute Gasteiger partial charge is 0.296 e. The van der Waals surface area contributed by atoms with Crippen LogP contribution in [0.25, 0.3) is 10.9 Å². The third kappa shape index (κ3) is 5.07. The number of methoxy groups -OCH3 is 1. The second-order valence-electron chi connectivity index (χ2n) is 9.30. The minimum absolute atomic E-state index is 0.0590. The van der Waals surface area contributed by atoms with Crippen molar-refractivity contribution < 1.29 is 18.3 Å². The second kappa shape index (κ2) is 10.0. The third-order valence-electron chi connectivity index (χ3n) is 6.93. The zero-order valence-corrected chi connectivity index (χ0v) is 20.1. The molecule has 0 amide bonds. The van der Waals surface area contributed by atoms with Gasteiger partial charge in [0.25, 0.3) is 5.92 Å². The molecule has 3 aromatic rings. The molecule has 2 aliphatic heterocycles. The average Bonchev–Trinajstić information content (AvgIpc) is 2.88. The van der Waals surface area contributed by atoms with Crippen LogP contribution in [0, 0.1) is 0 Å². The highest BCUT2D eigenvalue weighted by atomic mass is 19.3. The van der Waals surface area contributed by atoms with Crippen LogP contribution >= 0.6 is 0 Å². The zero-order valence-electron chi connectivity index (χ0n) is 20.1. The normalized spacial score (nSPS) is 20.0. The molecule has 2 saturated heterocycles. The van der Waals surface area contributed by atoms with Crippen LogP contribution in [-0.2, 0) is 15.4 Å². The van der Waals surface area contributed by atoms with E-state index in [4.69, 9.17) is 9.47 Å². The fourth-order valence-electron chi connectivity index (χ4n) is 4.95. The Morgan fingerprint density at radius 2 is 2.09 bits per heavy atom. The number of aromatic nitrogens is 2. The molecule has 0 spiro atoms. The van der Waals surface area contributed by atoms with Crippen LogP contribution in [0.3, 0.4) is 0 Å². The quantitative estimate of drug-likeness (QED) is 0.544. The van der Waals surface area contributed by atoms with Crippen molar-refractivity contribution in [3.8, 4) is 0 Å². The lowest BCUT2D eigenvalue weighted by Crippen LogP contribution is -2.58. The molecule has 0 aliphatic carbocycles. The van der Waals surface area contributed by atoms with E-state index >= 15 is 0 Å². The Morgan fingerprint density at radius 3 is 2.94 bits per heavy atom. The van der Waals surface area contributed by atoms with Crippen LogP contribution in [0.2, 0.25) is 0 Å². The fourth-order valence-corrected chi connectivity index (χ4v) is 4.95. The van der Waals surface area contributed by atoms with Crippen molar-refractivity contribution in [2.45, 2.75) is 24.9 Å². The van der Waals surface area contributed by atoms with Crippen molar-refractivity contribution in [3.63, 3.8) is 0 Å². The summed E-state index contributed by atoms with van der Waals surface area (Å²) < 4.78 is 39.2. The standard InChI is InChI=1S/C26H31F2N5O2/c1-18(19-4-3-5-20(12-19)26(27,28)17-34-2)30-25-14-29-31-24-7-6-21(13-23(24)25)33-9-8-32-10-11-35-16-22(32)15-33/h3-7,12-14,18,22H,8-11,15-17H2,1-2H3,(H,30,31)/t18-,22+/m1/s1. The van der Waals surface area contributed by atoms with Crippen molar-refractivity contribution in [1.29, 1.82) is 0 Å². The molecule has 3 heterocycles. The first-order valence-electron chi connectivity index (χ1n) is 12.0. The summed E-state index contributed by atoms with van der Waals surface area (Å²) in [5, 5.41) is 12.9. The van der Waals surface area contributed by atoms with E-state index in [2.05, 4.69) is 37.4 Å². The van der Waals surface area contributed by atoms with Gasteiger partial charge < -0.3 is 19.7 Å². The van der Waals surface area contributed by atoms with Crippen molar-refractivity contribution >= 4 is 22.3 Å². The molecule has 5 rings (SSSR count). The van der Waals surface area contributed by atoms with E-state index in [-0.39, 0.29) is 11.6 Å². The monoisotopic (exact) mass is 483 g/mol. The molecule has 1 aromatic heterocycles. The van der Waals surface area contributed by atoms with Gasteiger partial charge in [0.05, 0.1) is 36.7 Å². The van der Waals surface area contributed by atoms with Gasteiger partial charge in [0.15, 0.2) is 0 Å². The van der Waals surface area contributed by atoms with Crippen LogP contribution < -0.4 is 10.2 Å². The van der Waals surface area contributed by atoms with Crippen molar-refractivity contribution in [1.82, 2.24) is 15.1 Å². The Balaban J connectivity index is 1.38. The molecule has 7 nitrogen and oxygen atoms in total. The number of alkyl halides is 2. The van der Waals surface area contributed by atoms with Crippen molar-refractivity contribution in [2.24, 2.45) is 0 Å². The number of hydrogen-bond acceptors (Lipinski definition) is 7. The van der Waals surface area contributed by atoms with E-state index in [9.17, 15) is 8.78 Å². The highest BCUT2D eigenvalue weighted by Gasteiger charge is 2.32. The second-order valence-corrected chi connectivity index (χ2v) is 9.30. The number of anilines is 2. The van der Waals surface area contributed by atoms with Gasteiger partial charge in [-0.05, 0) is 36.8 Å². The summed E-state index contributed by atoms with van der Waals surface area (Å²) in [6.45, 7) is 6.78. The molecule has 186 valence electrons. The Labute approximate surface area is 204 Å². The average molecular weight is 484 g/mol. The lowest BCUT2D eigenvalue weighted by molar-refractivity contribution is -0.0698. The number of halogens is 2. The molecular weight excluding hydrogens is 452 g/mol. The number of nitrogens with one attached hydrogen (secondary N) is 1. The van der Waals surface area contributed by atoms with E-state index in [0.717, 1.165) is 67.2 Å². The van der Waals surface area contributed by atoms with Gasteiger partial charge in [0, 0.05) is 56.0 Å². The van der Waals surface area contributed by atoms with E-state index in [0.29, 0.717) is 6.04 Å². The number of nitrogens with zero attached hydrogens (tertiary/aromatic N) is 4. The maximum Gasteiger partial charge on any atom is 0.296 e. The number of benzene rings is 2. The van der Waals surface area contributed by atoms with Crippen LogP contribution in [-0.4, -0.2) is 74.2 Å². The lowest BCUT2D eigenvalue weighted by Gasteiger charge is -2.44. The summed E-state index contributed by atoms with van der Waals surface area (Å²) in [6.07, 6.45) is 1.69. The van der Waals surface area contributed by atoms with Gasteiger partial charge in [-0.15, -0.1) is 0 Å². The maximum absolute atomic E-state index is 14.4. The first kappa shape index (κ1) is 23.8. The molecule has 0 unspecified atom stereocenters. The van der Waals surface area contributed by atoms with E-state index in [1.165, 1.54) is 19.2 Å². The minimum Gasteiger partial charge on any atom is -0.378 e. The van der Waals surface area contributed by atoms with Crippen LogP contribution in [0.4, 0.5) is 20.2 Å². The number of piperazine rings is 1. The first-order chi connectivity index (χ1) is 16.9. The Hall–Kier alpha value is -2.88. The van der Waals surface area contributed by atoms with E-state index in [1.807, 2.05) is 19.1 Å². The molecule has 0 saturated carbocycles. The first-order valence-corrected chi connectivity index (χ1v) is 12.0. The molecule has 0 bridgehead atoms. The van der Waals surface area contributed by atoms with Gasteiger partial charge in [0.2, 0.25) is 0 Å². The van der Waals surface area contributed by atoms with E-state index < -0.39 is 12.5 Å². The Morgan fingerprint density at radius 1 is 1.20 bits per heavy atom. The molecule has 35 heavy (non-hydrogen) atoms. The van der Waals surface area contributed by atoms with Crippen LogP contribution in [0.1, 0.15) is 24.1 Å². The predicted molar refractivity (Wildman–Crippen MR) is 132 cm³/mol. The number of hydrogen-bond donors (Lipinski definition) is 1. The molecule has 0 radical (unpaired) electrons. The molecule has 2 atom stereocenters. The van der Waals surface area contributed by atoms with Crippen molar-refractivity contribution in [2.75, 3.05) is 63.3 Å². The summed E-state index contributed by atoms with van der Waals surface area (Å²) >= 11 is 0. The number of rotatable bonds is 7. The Kier molecular flexibility index (Phi) is 6.82. The van der Waals surface area contributed by atoms with Gasteiger partial charge in [-0.3, -0.25) is 4.90 Å². The summed E-state index contributed by atoms with van der Waals surface area (Å²) in [5.41, 5.74) is 3.43. The zero-order chi connectivity index (χ0) is 24.4. The number of morpholine rings is 1. The SMILES string of the molecule is COCC(F)(F)c1cccc([C@@H](C)Nc2cnnc3ccc(N4CCN5CCOC[C@@H]5C4)cc23)c1. The number of fused-ring (bicyclic) bond motifs is 2. The highest BCUT2D eigenvalue weighted by molar-refractivity contribution is 5.93. The third-order valence-corrected chi connectivity index (χ3v) is 6.93. The largest absolute Gasteiger partial charge is 0.378 e. The van der Waals surface area contributed by atoms with Crippen LogP contribution in [0.15, 0.2) is 48.7 Å². The molecular formula is C26H31F2N5O2. The molecule has 2 aliphatic rings. The minimum atomic E-state index is -3.04. The summed E-state index contributed by atoms with van der Waals surface area (Å²) in [6, 6.07) is 12.9. The van der Waals surface area contributed by atoms with Gasteiger partial charge in [0.1, 0.15) is 6.61 Å². The van der Waals surface area contributed by atoms with Gasteiger partial charge in [-0.2, -0.15) is 19.0 Å². The van der Waals surface area contributed by atoms with Gasteiger partial charge >= 0.3 is 0 Å². The molecule has 2 aromatic carbocycles. The summed E-state index contributed by atoms with van der Waals surface area (Å²) in [7, 11) is 1.28.